The van der Waals surface area contributed by atoms with Gasteiger partial charge >= 0.3 is 17.9 Å². The topological polar surface area (TPSA) is 119 Å². The molecule has 0 aromatic heterocycles. The fourth-order valence-electron chi connectivity index (χ4n) is 2.89. The molecule has 0 saturated heterocycles. The van der Waals surface area contributed by atoms with E-state index in [1.807, 2.05) is 22.6 Å². The maximum Gasteiger partial charge on any atom is 0.349 e. The van der Waals surface area contributed by atoms with Crippen LogP contribution in [-0.4, -0.2) is 41.1 Å². The first-order chi connectivity index (χ1) is 16.7. The Labute approximate surface area is 223 Å². The van der Waals surface area contributed by atoms with Crippen LogP contribution in [0.1, 0.15) is 20.7 Å². The maximum atomic E-state index is 13.1. The molecule has 35 heavy (non-hydrogen) atoms. The first kappa shape index (κ1) is 26.5. The molecule has 180 valence electrons. The minimum Gasteiger partial charge on any atom is -0.478 e. The molecule has 3 aromatic carbocycles. The van der Waals surface area contributed by atoms with E-state index in [0.29, 0.717) is 5.69 Å². The number of carboxylic acid groups (broad SMARTS) is 1. The van der Waals surface area contributed by atoms with Gasteiger partial charge in [-0.25, -0.2) is 14.4 Å². The molecule has 0 heterocycles. The standard InChI is InChI=1S/C24H16Cl2INO7/c25-17-10-3-1-8-15(17)23(32)34-19(21(29)28-14-7-5-6-13(27)12-14)20(22(30)31)35-24(33)16-9-2-4-11-18(16)26/h1-12,19-20H,(H,28,29)(H,30,31)/t19-,20+/m1/s1. The van der Waals surface area contributed by atoms with Crippen molar-refractivity contribution in [3.05, 3.63) is 97.5 Å². The first-order valence-corrected chi connectivity index (χ1v) is 11.7. The van der Waals surface area contributed by atoms with Crippen molar-refractivity contribution >= 4 is 75.3 Å². The summed E-state index contributed by atoms with van der Waals surface area (Å²) in [5, 5.41) is 12.3. The second kappa shape index (κ2) is 12.0. The van der Waals surface area contributed by atoms with E-state index in [9.17, 15) is 24.3 Å². The second-order valence-electron chi connectivity index (χ2n) is 6.95. The van der Waals surface area contributed by atoms with E-state index in [2.05, 4.69) is 5.32 Å². The number of carbonyl (C=O) groups excluding carboxylic acids is 3. The van der Waals surface area contributed by atoms with Gasteiger partial charge in [-0.3, -0.25) is 4.79 Å². The number of anilines is 1. The summed E-state index contributed by atoms with van der Waals surface area (Å²) in [6, 6.07) is 18.2. The summed E-state index contributed by atoms with van der Waals surface area (Å²) in [4.78, 5) is 50.6. The molecule has 0 radical (unpaired) electrons. The molecular weight excluding hydrogens is 612 g/mol. The van der Waals surface area contributed by atoms with E-state index in [0.717, 1.165) is 3.57 Å². The number of benzene rings is 3. The third-order valence-corrected chi connectivity index (χ3v) is 5.85. The van der Waals surface area contributed by atoms with Crippen molar-refractivity contribution in [1.82, 2.24) is 0 Å². The number of rotatable bonds is 8. The average molecular weight is 628 g/mol. The lowest BCUT2D eigenvalue weighted by Gasteiger charge is -2.24. The van der Waals surface area contributed by atoms with Crippen LogP contribution in [0.3, 0.4) is 0 Å². The number of carbonyl (C=O) groups is 4. The Kier molecular flexibility index (Phi) is 9.07. The summed E-state index contributed by atoms with van der Waals surface area (Å²) >= 11 is 14.1. The summed E-state index contributed by atoms with van der Waals surface area (Å²) in [5.74, 6) is -4.96. The Morgan fingerprint density at radius 1 is 0.771 bits per heavy atom. The van der Waals surface area contributed by atoms with Gasteiger partial charge < -0.3 is 19.9 Å². The SMILES string of the molecule is O=C(O[C@H](C(=O)O)[C@@H](OC(=O)c1ccccc1Cl)C(=O)Nc1cccc(I)c1)c1ccccc1Cl. The zero-order chi connectivity index (χ0) is 25.5. The van der Waals surface area contributed by atoms with Crippen molar-refractivity contribution in [1.29, 1.82) is 0 Å². The van der Waals surface area contributed by atoms with Crippen LogP contribution in [0.25, 0.3) is 0 Å². The van der Waals surface area contributed by atoms with Crippen molar-refractivity contribution in [2.75, 3.05) is 5.32 Å². The van der Waals surface area contributed by atoms with E-state index >= 15 is 0 Å². The van der Waals surface area contributed by atoms with Crippen LogP contribution < -0.4 is 5.32 Å². The molecule has 2 N–H and O–H groups in total. The lowest BCUT2D eigenvalue weighted by Crippen LogP contribution is -2.48. The molecule has 0 unspecified atom stereocenters. The largest absolute Gasteiger partial charge is 0.478 e. The van der Waals surface area contributed by atoms with Gasteiger partial charge in [0.2, 0.25) is 12.2 Å². The zero-order valence-electron chi connectivity index (χ0n) is 17.6. The van der Waals surface area contributed by atoms with Gasteiger partial charge in [0.25, 0.3) is 5.91 Å². The number of halogens is 3. The highest BCUT2D eigenvalue weighted by atomic mass is 127. The quantitative estimate of drug-likeness (QED) is 0.264. The number of hydrogen-bond donors (Lipinski definition) is 2. The van der Waals surface area contributed by atoms with Crippen molar-refractivity contribution in [2.45, 2.75) is 12.2 Å². The van der Waals surface area contributed by atoms with Crippen LogP contribution in [0, 0.1) is 3.57 Å². The molecule has 3 aromatic rings. The number of nitrogens with one attached hydrogen (secondary N) is 1. The van der Waals surface area contributed by atoms with Crippen molar-refractivity contribution in [2.24, 2.45) is 0 Å². The first-order valence-electron chi connectivity index (χ1n) is 9.87. The van der Waals surface area contributed by atoms with Gasteiger partial charge in [-0.15, -0.1) is 0 Å². The highest BCUT2D eigenvalue weighted by Crippen LogP contribution is 2.22. The second-order valence-corrected chi connectivity index (χ2v) is 9.01. The average Bonchev–Trinajstić information content (AvgIpc) is 2.81. The number of ether oxygens (including phenoxy) is 2. The van der Waals surface area contributed by atoms with E-state index in [1.165, 1.54) is 36.4 Å². The van der Waals surface area contributed by atoms with Crippen LogP contribution in [0.5, 0.6) is 0 Å². The van der Waals surface area contributed by atoms with Gasteiger partial charge in [0.05, 0.1) is 21.2 Å². The Morgan fingerprint density at radius 2 is 1.29 bits per heavy atom. The van der Waals surface area contributed by atoms with Crippen molar-refractivity contribution in [3.8, 4) is 0 Å². The molecule has 0 spiro atoms. The predicted octanol–water partition coefficient (Wildman–Crippen LogP) is 5.07. The molecule has 0 aliphatic heterocycles. The Hall–Kier alpha value is -3.15. The molecule has 0 bridgehead atoms. The zero-order valence-corrected chi connectivity index (χ0v) is 21.3. The minimum atomic E-state index is -2.20. The van der Waals surface area contributed by atoms with Gasteiger partial charge in [0.1, 0.15) is 0 Å². The van der Waals surface area contributed by atoms with Crippen LogP contribution in [0.2, 0.25) is 10.0 Å². The van der Waals surface area contributed by atoms with E-state index in [1.54, 1.807) is 36.4 Å². The normalized spacial score (nSPS) is 12.2. The number of carboxylic acids is 1. The van der Waals surface area contributed by atoms with Crippen molar-refractivity contribution < 1.29 is 33.8 Å². The molecular formula is C24H16Cl2INO7. The fraction of sp³-hybridized carbons (Fsp3) is 0.0833. The van der Waals surface area contributed by atoms with Crippen LogP contribution in [-0.2, 0) is 19.1 Å². The third-order valence-electron chi connectivity index (χ3n) is 4.52. The number of aliphatic carboxylic acids is 1. The highest BCUT2D eigenvalue weighted by molar-refractivity contribution is 14.1. The minimum absolute atomic E-state index is 0.00885. The van der Waals surface area contributed by atoms with Crippen LogP contribution >= 0.6 is 45.8 Å². The molecule has 0 aliphatic rings. The molecule has 0 saturated carbocycles. The Bertz CT molecular complexity index is 1280. The summed E-state index contributed by atoms with van der Waals surface area (Å²) in [5.41, 5.74) is 0.0691. The maximum absolute atomic E-state index is 13.1. The molecule has 3 rings (SSSR count). The summed E-state index contributed by atoms with van der Waals surface area (Å²) in [6.45, 7) is 0. The Balaban J connectivity index is 1.94. The van der Waals surface area contributed by atoms with Gasteiger partial charge in [0, 0.05) is 9.26 Å². The number of hydrogen-bond acceptors (Lipinski definition) is 6. The van der Waals surface area contributed by atoms with Gasteiger partial charge in [-0.1, -0.05) is 53.5 Å². The highest BCUT2D eigenvalue weighted by Gasteiger charge is 2.41. The summed E-state index contributed by atoms with van der Waals surface area (Å²) in [7, 11) is 0. The van der Waals surface area contributed by atoms with Gasteiger partial charge in [-0.05, 0) is 65.1 Å². The molecule has 11 heteroatoms. The van der Waals surface area contributed by atoms with E-state index < -0.39 is 36.0 Å². The molecule has 0 aliphatic carbocycles. The monoisotopic (exact) mass is 627 g/mol. The van der Waals surface area contributed by atoms with Crippen molar-refractivity contribution in [3.63, 3.8) is 0 Å². The van der Waals surface area contributed by atoms with E-state index in [4.69, 9.17) is 32.7 Å². The van der Waals surface area contributed by atoms with Crippen LogP contribution in [0.15, 0.2) is 72.8 Å². The number of esters is 2. The predicted molar refractivity (Wildman–Crippen MR) is 137 cm³/mol. The fourth-order valence-corrected chi connectivity index (χ4v) is 3.85. The lowest BCUT2D eigenvalue weighted by molar-refractivity contribution is -0.157. The van der Waals surface area contributed by atoms with E-state index in [-0.39, 0.29) is 21.2 Å². The lowest BCUT2D eigenvalue weighted by atomic mass is 10.1. The summed E-state index contributed by atoms with van der Waals surface area (Å²) < 4.78 is 11.1. The van der Waals surface area contributed by atoms with Gasteiger partial charge in [0.15, 0.2) is 0 Å². The Morgan fingerprint density at radius 3 is 1.77 bits per heavy atom. The van der Waals surface area contributed by atoms with Gasteiger partial charge in [-0.2, -0.15) is 0 Å². The summed E-state index contributed by atoms with van der Waals surface area (Å²) in [6.07, 6.45) is -4.27. The molecule has 1 amide bonds. The van der Waals surface area contributed by atoms with Crippen LogP contribution in [0.4, 0.5) is 5.69 Å². The molecule has 2 atom stereocenters. The smallest absolute Gasteiger partial charge is 0.349 e. The number of amides is 1. The third kappa shape index (κ3) is 6.93. The molecule has 8 nitrogen and oxygen atoms in total. The molecule has 0 fully saturated rings.